The summed E-state index contributed by atoms with van der Waals surface area (Å²) in [5.74, 6) is 3.86. The zero-order chi connectivity index (χ0) is 30.1. The number of benzene rings is 2. The maximum atomic E-state index is 13.2. The number of phenolic OH excluding ortho intramolecular Hbond substituents is 1. The average Bonchev–Trinajstić information content (AvgIpc) is 3.15. The van der Waals surface area contributed by atoms with Gasteiger partial charge in [-0.05, 0) is 92.8 Å². The molecule has 0 aromatic heterocycles. The molecule has 2 N–H and O–H groups in total. The Morgan fingerprint density at radius 3 is 2.60 bits per heavy atom. The molecule has 1 atom stereocenters. The molecule has 4 rings (SSSR count). The Bertz CT molecular complexity index is 1540. The van der Waals surface area contributed by atoms with Crippen molar-refractivity contribution in [3.8, 4) is 5.75 Å². The number of rotatable bonds is 6. The molecular weight excluding hydrogens is 670 g/mol. The van der Waals surface area contributed by atoms with Crippen molar-refractivity contribution in [1.29, 1.82) is 0 Å². The Balaban J connectivity index is 1.43. The molecule has 0 saturated carbocycles. The highest BCUT2D eigenvalue weighted by atomic mass is 79.9. The monoisotopic (exact) mass is 695 g/mol. The quantitative estimate of drug-likeness (QED) is 0.310. The number of para-hydroxylation sites is 1. The summed E-state index contributed by atoms with van der Waals surface area (Å²) >= 11 is 6.55. The van der Waals surface area contributed by atoms with Gasteiger partial charge in [-0.25, -0.2) is 9.59 Å². The number of halogens is 2. The molecule has 2 aromatic carbocycles. The third kappa shape index (κ3) is 7.99. The summed E-state index contributed by atoms with van der Waals surface area (Å²) in [4.78, 5) is 49.8. The van der Waals surface area contributed by atoms with Crippen LogP contribution in [-0.4, -0.2) is 76.5 Å². The van der Waals surface area contributed by atoms with Crippen LogP contribution in [0.2, 0.25) is 0 Å². The lowest BCUT2D eigenvalue weighted by Crippen LogP contribution is -2.50. The first-order valence-electron chi connectivity index (χ1n) is 13.1. The van der Waals surface area contributed by atoms with Gasteiger partial charge in [-0.3, -0.25) is 4.79 Å². The number of ether oxygens (including phenoxy) is 1. The number of amides is 4. The lowest BCUT2D eigenvalue weighted by atomic mass is 10.0. The number of carbonyl (C=O) groups excluding carboxylic acids is 3. The summed E-state index contributed by atoms with van der Waals surface area (Å²) in [5.41, 5.74) is 7.40. The van der Waals surface area contributed by atoms with Crippen molar-refractivity contribution >= 4 is 67.3 Å². The van der Waals surface area contributed by atoms with Crippen LogP contribution in [0.4, 0.5) is 15.3 Å². The lowest BCUT2D eigenvalue weighted by Gasteiger charge is -2.37. The van der Waals surface area contributed by atoms with E-state index < -0.39 is 18.1 Å². The Morgan fingerprint density at radius 1 is 1.17 bits per heavy atom. The largest absolute Gasteiger partial charge is 0.506 e. The number of nitrogens with zero attached hydrogens (tertiary/aromatic N) is 4. The van der Waals surface area contributed by atoms with Gasteiger partial charge in [-0.15, -0.1) is 0 Å². The Morgan fingerprint density at radius 2 is 1.88 bits per heavy atom. The number of likely N-dealkylation sites (tertiary alicyclic amines) is 1. The highest BCUT2D eigenvalue weighted by molar-refractivity contribution is 9.11. The number of carbonyl (C=O) groups is 3. The summed E-state index contributed by atoms with van der Waals surface area (Å²) in [6.45, 7) is 4.65. The topological polar surface area (TPSA) is 124 Å². The number of phenols is 1. The van der Waals surface area contributed by atoms with Crippen LogP contribution in [0.1, 0.15) is 24.0 Å². The van der Waals surface area contributed by atoms with Gasteiger partial charge in [0, 0.05) is 37.8 Å². The van der Waals surface area contributed by atoms with Crippen molar-refractivity contribution in [2.75, 3.05) is 25.0 Å². The molecule has 0 bridgehead atoms. The molecule has 2 aromatic rings. The molecule has 0 unspecified atom stereocenters. The number of aliphatic imine (C=N–C) groups is 2. The second kappa shape index (κ2) is 14.7. The molecule has 216 valence electrons. The average molecular weight is 697 g/mol. The summed E-state index contributed by atoms with van der Waals surface area (Å²) in [7, 11) is 0. The van der Waals surface area contributed by atoms with E-state index in [-0.39, 0.29) is 24.2 Å². The second-order valence-electron chi connectivity index (χ2n) is 9.49. The van der Waals surface area contributed by atoms with E-state index in [4.69, 9.17) is 4.74 Å². The van der Waals surface area contributed by atoms with Gasteiger partial charge in [0.15, 0.2) is 6.10 Å². The number of fused-ring (bicyclic) bond motifs is 1. The Hall–Kier alpha value is -4.13. The van der Waals surface area contributed by atoms with Crippen LogP contribution in [0.15, 0.2) is 79.6 Å². The zero-order valence-corrected chi connectivity index (χ0v) is 25.6. The van der Waals surface area contributed by atoms with Crippen LogP contribution >= 0.6 is 31.9 Å². The van der Waals surface area contributed by atoms with Gasteiger partial charge in [-0.2, -0.15) is 9.98 Å². The SMILES string of the molecule is C=C=C=CN=C=C=NC(=O)[C@@H](Cc1cc(Br)c(O)c(Br)c1)OC(=O)N1CCC(N2CCc3ccccc3NC2=O)CC1. The van der Waals surface area contributed by atoms with Crippen LogP contribution in [0, 0.1) is 0 Å². The van der Waals surface area contributed by atoms with Crippen molar-refractivity contribution in [2.45, 2.75) is 37.8 Å². The summed E-state index contributed by atoms with van der Waals surface area (Å²) in [5, 5.41) is 13.0. The van der Waals surface area contributed by atoms with Crippen LogP contribution in [0.25, 0.3) is 0 Å². The molecule has 0 aliphatic carbocycles. The highest BCUT2D eigenvalue weighted by Gasteiger charge is 2.33. The van der Waals surface area contributed by atoms with Crippen molar-refractivity contribution in [3.63, 3.8) is 0 Å². The minimum Gasteiger partial charge on any atom is -0.506 e. The standard InChI is InChI=1S/C30H27Br2N5O5/c1-2-3-11-33-12-13-34-28(39)26(19-20-17-23(31)27(38)24(32)18-20)42-30(41)36-14-9-22(10-15-36)37-16-8-21-6-4-5-7-25(21)35-29(37)40/h4-7,11,17-18,22,26,38H,1,8-10,14-16,19H2,(H,35,40)/t26-/m1/s1. The van der Waals surface area contributed by atoms with Gasteiger partial charge in [-0.1, -0.05) is 23.9 Å². The van der Waals surface area contributed by atoms with E-state index in [1.165, 1.54) is 11.1 Å². The second-order valence-corrected chi connectivity index (χ2v) is 11.2. The third-order valence-corrected chi connectivity index (χ3v) is 8.04. The number of hydrogen-bond donors (Lipinski definition) is 2. The molecule has 2 aliphatic heterocycles. The number of piperidine rings is 1. The zero-order valence-electron chi connectivity index (χ0n) is 22.5. The Kier molecular flexibility index (Phi) is 10.8. The van der Waals surface area contributed by atoms with Crippen molar-refractivity contribution in [1.82, 2.24) is 9.80 Å². The number of hydrogen-bond acceptors (Lipinski definition) is 6. The Labute approximate surface area is 259 Å². The minimum atomic E-state index is -1.27. The van der Waals surface area contributed by atoms with Gasteiger partial charge in [0.05, 0.1) is 26.9 Å². The number of nitrogens with one attached hydrogen (secondary N) is 1. The summed E-state index contributed by atoms with van der Waals surface area (Å²) in [6, 6.07) is 10.8. The predicted octanol–water partition coefficient (Wildman–Crippen LogP) is 5.40. The molecule has 0 spiro atoms. The molecule has 2 aliphatic rings. The van der Waals surface area contributed by atoms with Crippen LogP contribution in [0.5, 0.6) is 5.75 Å². The first kappa shape index (κ1) is 30.8. The maximum absolute atomic E-state index is 13.2. The van der Waals surface area contributed by atoms with Crippen LogP contribution < -0.4 is 5.32 Å². The fourth-order valence-electron chi connectivity index (χ4n) is 4.71. The van der Waals surface area contributed by atoms with E-state index in [9.17, 15) is 19.5 Å². The van der Waals surface area contributed by atoms with Gasteiger partial charge < -0.3 is 25.0 Å². The highest BCUT2D eigenvalue weighted by Crippen LogP contribution is 2.34. The van der Waals surface area contributed by atoms with E-state index >= 15 is 0 Å². The minimum absolute atomic E-state index is 0.00209. The molecule has 2 heterocycles. The maximum Gasteiger partial charge on any atom is 0.410 e. The first-order chi connectivity index (χ1) is 20.3. The molecule has 4 amide bonds. The molecule has 0 radical (unpaired) electrons. The fourth-order valence-corrected chi connectivity index (χ4v) is 6.00. The van der Waals surface area contributed by atoms with E-state index in [0.717, 1.165) is 17.7 Å². The molecule has 1 saturated heterocycles. The summed E-state index contributed by atoms with van der Waals surface area (Å²) in [6.07, 6.45) is 1.16. The van der Waals surface area contributed by atoms with Gasteiger partial charge in [0.2, 0.25) is 0 Å². The molecular formula is C30H27Br2N5O5. The van der Waals surface area contributed by atoms with E-state index in [1.807, 2.05) is 29.2 Å². The van der Waals surface area contributed by atoms with Gasteiger partial charge >= 0.3 is 12.1 Å². The third-order valence-electron chi connectivity index (χ3n) is 6.83. The lowest BCUT2D eigenvalue weighted by molar-refractivity contribution is -0.126. The molecule has 12 heteroatoms. The van der Waals surface area contributed by atoms with Crippen molar-refractivity contribution < 1.29 is 24.2 Å². The normalized spacial score (nSPS) is 15.3. The fraction of sp³-hybridized carbons (Fsp3) is 0.300. The van der Waals surface area contributed by atoms with Crippen molar-refractivity contribution in [2.24, 2.45) is 9.98 Å². The molecule has 42 heavy (non-hydrogen) atoms. The van der Waals surface area contributed by atoms with Crippen molar-refractivity contribution in [3.05, 3.63) is 80.7 Å². The molecule has 10 nitrogen and oxygen atoms in total. The smallest absolute Gasteiger partial charge is 0.410 e. The number of aromatic hydroxyl groups is 1. The number of anilines is 1. The molecule has 1 fully saturated rings. The predicted molar refractivity (Wildman–Crippen MR) is 165 cm³/mol. The van der Waals surface area contributed by atoms with E-state index in [0.29, 0.717) is 47.0 Å². The first-order valence-corrected chi connectivity index (χ1v) is 14.7. The van der Waals surface area contributed by atoms with Crippen LogP contribution in [-0.2, 0) is 22.4 Å². The van der Waals surface area contributed by atoms with Gasteiger partial charge in [0.1, 0.15) is 5.75 Å². The van der Waals surface area contributed by atoms with Crippen LogP contribution in [0.3, 0.4) is 0 Å². The van der Waals surface area contributed by atoms with E-state index in [2.05, 4.69) is 76.9 Å². The number of urea groups is 1. The van der Waals surface area contributed by atoms with Gasteiger partial charge in [0.25, 0.3) is 5.91 Å². The van der Waals surface area contributed by atoms with E-state index in [1.54, 1.807) is 12.1 Å². The summed E-state index contributed by atoms with van der Waals surface area (Å²) < 4.78 is 6.46.